The topological polar surface area (TPSA) is 42.5 Å². The Kier molecular flexibility index (Phi) is 4.59. The molecule has 29 heavy (non-hydrogen) atoms. The van der Waals surface area contributed by atoms with Gasteiger partial charge in [-0.1, -0.05) is 24.4 Å². The van der Waals surface area contributed by atoms with E-state index in [9.17, 15) is 0 Å². The van der Waals surface area contributed by atoms with E-state index in [4.69, 9.17) is 21.0 Å². The van der Waals surface area contributed by atoms with Crippen LogP contribution >= 0.6 is 11.6 Å². The van der Waals surface area contributed by atoms with E-state index in [2.05, 4.69) is 35.7 Å². The first-order chi connectivity index (χ1) is 14.1. The van der Waals surface area contributed by atoms with Gasteiger partial charge in [-0.25, -0.2) is 4.98 Å². The van der Waals surface area contributed by atoms with E-state index in [0.717, 1.165) is 39.3 Å². The second-order valence-corrected chi connectivity index (χ2v) is 8.41. The number of nitrogens with one attached hydrogen (secondary N) is 1. The summed E-state index contributed by atoms with van der Waals surface area (Å²) < 4.78 is 8.45. The largest absolute Gasteiger partial charge is 0.454 e. The molecular weight excluding hydrogens is 382 g/mol. The molecule has 0 bridgehead atoms. The molecule has 1 fully saturated rings. The third-order valence-electron chi connectivity index (χ3n) is 5.71. The van der Waals surface area contributed by atoms with Gasteiger partial charge in [-0.3, -0.25) is 4.40 Å². The highest BCUT2D eigenvalue weighted by molar-refractivity contribution is 6.30. The van der Waals surface area contributed by atoms with Crippen molar-refractivity contribution in [2.75, 3.05) is 5.32 Å². The molecule has 0 aliphatic heterocycles. The summed E-state index contributed by atoms with van der Waals surface area (Å²) in [5, 5.41) is 4.49. The summed E-state index contributed by atoms with van der Waals surface area (Å²) in [6, 6.07) is 16.5. The molecule has 0 saturated heterocycles. The Bertz CT molecular complexity index is 1170. The van der Waals surface area contributed by atoms with Crippen molar-refractivity contribution in [1.29, 1.82) is 0 Å². The molecule has 1 aliphatic rings. The third-order valence-corrected chi connectivity index (χ3v) is 5.97. The number of hydrogen-bond donors (Lipinski definition) is 1. The Balaban J connectivity index is 1.62. The molecule has 0 spiro atoms. The standard InChI is InChI=1S/C24H24ClN3O/c1-15-13-16(2)28-22(14-15)27-23(24(28)26-19-5-3-4-6-19)21-12-11-20(29-21)17-7-9-18(25)10-8-17/h7-14,19,26H,3-6H2,1-2H3. The second-order valence-electron chi connectivity index (χ2n) is 7.97. The third kappa shape index (κ3) is 3.42. The number of nitrogens with zero attached hydrogens (tertiary/aromatic N) is 2. The number of benzene rings is 1. The molecule has 1 aromatic carbocycles. The van der Waals surface area contributed by atoms with Crippen molar-refractivity contribution in [1.82, 2.24) is 9.38 Å². The number of halogens is 1. The zero-order chi connectivity index (χ0) is 20.0. The number of fused-ring (bicyclic) bond motifs is 1. The summed E-state index contributed by atoms with van der Waals surface area (Å²) >= 11 is 6.02. The van der Waals surface area contributed by atoms with Gasteiger partial charge in [0.05, 0.1) is 0 Å². The molecule has 3 heterocycles. The van der Waals surface area contributed by atoms with Gasteiger partial charge in [0.25, 0.3) is 0 Å². The highest BCUT2D eigenvalue weighted by Gasteiger charge is 2.23. The fourth-order valence-electron chi connectivity index (χ4n) is 4.33. The Morgan fingerprint density at radius 3 is 2.48 bits per heavy atom. The van der Waals surface area contributed by atoms with E-state index in [1.165, 1.54) is 36.9 Å². The Morgan fingerprint density at radius 1 is 1.00 bits per heavy atom. The van der Waals surface area contributed by atoms with Crippen molar-refractivity contribution >= 4 is 23.1 Å². The lowest BCUT2D eigenvalue weighted by Crippen LogP contribution is -2.17. The van der Waals surface area contributed by atoms with Crippen molar-refractivity contribution in [2.24, 2.45) is 0 Å². The van der Waals surface area contributed by atoms with Crippen LogP contribution in [-0.4, -0.2) is 15.4 Å². The normalized spacial score (nSPS) is 14.7. The van der Waals surface area contributed by atoms with Crippen molar-refractivity contribution in [3.8, 4) is 22.8 Å². The summed E-state index contributed by atoms with van der Waals surface area (Å²) in [7, 11) is 0. The number of imidazole rings is 1. The molecule has 0 unspecified atom stereocenters. The SMILES string of the molecule is Cc1cc(C)n2c(NC3CCCC3)c(-c3ccc(-c4ccc(Cl)cc4)o3)nc2c1. The van der Waals surface area contributed by atoms with E-state index in [1.807, 2.05) is 36.4 Å². The number of anilines is 1. The van der Waals surface area contributed by atoms with E-state index in [1.54, 1.807) is 0 Å². The molecule has 3 aromatic heterocycles. The number of rotatable bonds is 4. The van der Waals surface area contributed by atoms with Gasteiger partial charge >= 0.3 is 0 Å². The van der Waals surface area contributed by atoms with Crippen LogP contribution in [0.5, 0.6) is 0 Å². The maximum atomic E-state index is 6.24. The van der Waals surface area contributed by atoms with Crippen LogP contribution in [0.2, 0.25) is 5.02 Å². The van der Waals surface area contributed by atoms with Crippen LogP contribution in [0.3, 0.4) is 0 Å². The maximum absolute atomic E-state index is 6.24. The highest BCUT2D eigenvalue weighted by Crippen LogP contribution is 2.36. The fourth-order valence-corrected chi connectivity index (χ4v) is 4.46. The van der Waals surface area contributed by atoms with E-state index < -0.39 is 0 Å². The Labute approximate surface area is 175 Å². The van der Waals surface area contributed by atoms with Gasteiger partial charge in [0, 0.05) is 22.3 Å². The predicted molar refractivity (Wildman–Crippen MR) is 119 cm³/mol. The summed E-state index contributed by atoms with van der Waals surface area (Å²) in [5.41, 5.74) is 5.19. The number of furan rings is 1. The van der Waals surface area contributed by atoms with Crippen LogP contribution in [0.25, 0.3) is 28.4 Å². The predicted octanol–water partition coefficient (Wildman–Crippen LogP) is 6.89. The first-order valence-electron chi connectivity index (χ1n) is 10.2. The lowest BCUT2D eigenvalue weighted by atomic mass is 10.2. The molecule has 4 nitrogen and oxygen atoms in total. The smallest absolute Gasteiger partial charge is 0.157 e. The summed E-state index contributed by atoms with van der Waals surface area (Å²) in [6.45, 7) is 4.24. The van der Waals surface area contributed by atoms with Gasteiger partial charge < -0.3 is 9.73 Å². The molecular formula is C24H24ClN3O. The molecule has 148 valence electrons. The van der Waals surface area contributed by atoms with Crippen molar-refractivity contribution in [3.05, 3.63) is 64.8 Å². The molecule has 1 N–H and O–H groups in total. The summed E-state index contributed by atoms with van der Waals surface area (Å²) in [4.78, 5) is 4.95. The zero-order valence-electron chi connectivity index (χ0n) is 16.7. The van der Waals surface area contributed by atoms with Gasteiger partial charge in [0.2, 0.25) is 0 Å². The number of pyridine rings is 1. The Morgan fingerprint density at radius 2 is 1.72 bits per heavy atom. The van der Waals surface area contributed by atoms with Gasteiger partial charge in [-0.15, -0.1) is 0 Å². The van der Waals surface area contributed by atoms with E-state index in [-0.39, 0.29) is 0 Å². The lowest BCUT2D eigenvalue weighted by Gasteiger charge is -2.15. The summed E-state index contributed by atoms with van der Waals surface area (Å²) in [6.07, 6.45) is 4.96. The monoisotopic (exact) mass is 405 g/mol. The van der Waals surface area contributed by atoms with Gasteiger partial charge in [0.15, 0.2) is 5.76 Å². The van der Waals surface area contributed by atoms with Gasteiger partial charge in [0.1, 0.15) is 22.9 Å². The van der Waals surface area contributed by atoms with Crippen molar-refractivity contribution in [3.63, 3.8) is 0 Å². The molecule has 0 amide bonds. The van der Waals surface area contributed by atoms with Crippen LogP contribution in [0.4, 0.5) is 5.82 Å². The zero-order valence-corrected chi connectivity index (χ0v) is 17.5. The minimum Gasteiger partial charge on any atom is -0.454 e. The average molecular weight is 406 g/mol. The minimum atomic E-state index is 0.486. The number of aryl methyl sites for hydroxylation is 2. The average Bonchev–Trinajstić information content (AvgIpc) is 3.43. The number of hydrogen-bond acceptors (Lipinski definition) is 3. The molecule has 0 atom stereocenters. The quantitative estimate of drug-likeness (QED) is 0.402. The highest BCUT2D eigenvalue weighted by atomic mass is 35.5. The first-order valence-corrected chi connectivity index (χ1v) is 10.6. The summed E-state index contributed by atoms with van der Waals surface area (Å²) in [5.74, 6) is 2.62. The fraction of sp³-hybridized carbons (Fsp3) is 0.292. The van der Waals surface area contributed by atoms with Crippen LogP contribution in [0.1, 0.15) is 36.9 Å². The van der Waals surface area contributed by atoms with Crippen molar-refractivity contribution in [2.45, 2.75) is 45.6 Å². The van der Waals surface area contributed by atoms with Gasteiger partial charge in [-0.2, -0.15) is 0 Å². The van der Waals surface area contributed by atoms with Gasteiger partial charge in [-0.05, 0) is 80.8 Å². The molecule has 5 rings (SSSR count). The molecule has 1 aliphatic carbocycles. The van der Waals surface area contributed by atoms with Crippen LogP contribution in [0, 0.1) is 13.8 Å². The molecule has 1 saturated carbocycles. The Hall–Kier alpha value is -2.72. The van der Waals surface area contributed by atoms with Crippen LogP contribution in [0.15, 0.2) is 52.9 Å². The van der Waals surface area contributed by atoms with Crippen LogP contribution in [-0.2, 0) is 0 Å². The molecule has 5 heteroatoms. The van der Waals surface area contributed by atoms with E-state index in [0.29, 0.717) is 6.04 Å². The minimum absolute atomic E-state index is 0.486. The van der Waals surface area contributed by atoms with Crippen LogP contribution < -0.4 is 5.32 Å². The van der Waals surface area contributed by atoms with Crippen molar-refractivity contribution < 1.29 is 4.42 Å². The second kappa shape index (κ2) is 7.27. The lowest BCUT2D eigenvalue weighted by molar-refractivity contribution is 0.595. The number of aromatic nitrogens is 2. The van der Waals surface area contributed by atoms with E-state index >= 15 is 0 Å². The first kappa shape index (κ1) is 18.3. The maximum Gasteiger partial charge on any atom is 0.157 e. The molecule has 4 aromatic rings. The molecule has 0 radical (unpaired) electrons.